The van der Waals surface area contributed by atoms with Crippen LogP contribution in [0.5, 0.6) is 5.75 Å². The van der Waals surface area contributed by atoms with Crippen LogP contribution >= 0.6 is 11.6 Å². The Balaban J connectivity index is 2.16. The van der Waals surface area contributed by atoms with Crippen LogP contribution in [0.3, 0.4) is 0 Å². The van der Waals surface area contributed by atoms with E-state index in [4.69, 9.17) is 16.3 Å². The van der Waals surface area contributed by atoms with Crippen molar-refractivity contribution in [2.75, 3.05) is 12.4 Å². The Hall–Kier alpha value is -2.74. The smallest absolute Gasteiger partial charge is 0.471 e. The van der Waals surface area contributed by atoms with Crippen LogP contribution in [0, 0.1) is 0 Å². The van der Waals surface area contributed by atoms with E-state index in [2.05, 4.69) is 5.32 Å². The number of alkyl halides is 3. The first-order chi connectivity index (χ1) is 12.7. The predicted molar refractivity (Wildman–Crippen MR) is 94.6 cm³/mol. The van der Waals surface area contributed by atoms with Crippen LogP contribution in [0.25, 0.3) is 0 Å². The second-order valence-electron chi connectivity index (χ2n) is 5.56. The highest BCUT2D eigenvalue weighted by Gasteiger charge is 2.40. The summed E-state index contributed by atoms with van der Waals surface area (Å²) in [5, 5.41) is 4.87. The van der Waals surface area contributed by atoms with Gasteiger partial charge >= 0.3 is 12.1 Å². The number of carbonyl (C=O) groups excluding carboxylic acids is 2. The Bertz CT molecular complexity index is 793. The van der Waals surface area contributed by atoms with Crippen molar-refractivity contribution in [3.63, 3.8) is 0 Å². The van der Waals surface area contributed by atoms with Crippen molar-refractivity contribution < 1.29 is 27.5 Å². The van der Waals surface area contributed by atoms with E-state index in [0.717, 1.165) is 0 Å². The zero-order valence-electron chi connectivity index (χ0n) is 14.1. The van der Waals surface area contributed by atoms with Crippen LogP contribution in [0.1, 0.15) is 18.0 Å². The summed E-state index contributed by atoms with van der Waals surface area (Å²) in [4.78, 5) is 23.6. The lowest BCUT2D eigenvalue weighted by Gasteiger charge is -2.20. The molecule has 0 saturated heterocycles. The predicted octanol–water partition coefficient (Wildman–Crippen LogP) is 4.10. The SMILES string of the molecule is COc1ccc(C(CC(=O)Nc2ccc(Cl)cc2)NC(=O)C(F)(F)F)cc1. The maximum Gasteiger partial charge on any atom is 0.471 e. The summed E-state index contributed by atoms with van der Waals surface area (Å²) in [6.07, 6.45) is -5.45. The van der Waals surface area contributed by atoms with Gasteiger partial charge in [-0.05, 0) is 42.0 Å². The van der Waals surface area contributed by atoms with E-state index in [1.165, 1.54) is 31.4 Å². The molecule has 0 saturated carbocycles. The zero-order valence-corrected chi connectivity index (χ0v) is 14.9. The number of amides is 2. The third-order valence-corrected chi connectivity index (χ3v) is 3.85. The Kier molecular flexibility index (Phi) is 6.68. The highest BCUT2D eigenvalue weighted by molar-refractivity contribution is 6.30. The molecule has 0 aliphatic carbocycles. The molecule has 9 heteroatoms. The fourth-order valence-corrected chi connectivity index (χ4v) is 2.39. The molecule has 0 fully saturated rings. The number of rotatable bonds is 6. The molecule has 0 bridgehead atoms. The third kappa shape index (κ3) is 6.18. The van der Waals surface area contributed by atoms with Gasteiger partial charge in [0.1, 0.15) is 5.75 Å². The van der Waals surface area contributed by atoms with E-state index in [9.17, 15) is 22.8 Å². The quantitative estimate of drug-likeness (QED) is 0.767. The van der Waals surface area contributed by atoms with Crippen molar-refractivity contribution in [2.24, 2.45) is 0 Å². The first-order valence-electron chi connectivity index (χ1n) is 7.76. The van der Waals surface area contributed by atoms with Gasteiger partial charge in [0, 0.05) is 10.7 Å². The molecule has 5 nitrogen and oxygen atoms in total. The van der Waals surface area contributed by atoms with Crippen LogP contribution in [0.4, 0.5) is 18.9 Å². The lowest BCUT2D eigenvalue weighted by molar-refractivity contribution is -0.174. The topological polar surface area (TPSA) is 67.4 Å². The summed E-state index contributed by atoms with van der Waals surface area (Å²) in [6.45, 7) is 0. The maximum absolute atomic E-state index is 12.6. The highest BCUT2D eigenvalue weighted by atomic mass is 35.5. The average Bonchev–Trinajstić information content (AvgIpc) is 2.62. The molecule has 2 amide bonds. The van der Waals surface area contributed by atoms with Gasteiger partial charge in [0.25, 0.3) is 0 Å². The molecule has 2 rings (SSSR count). The molecule has 144 valence electrons. The third-order valence-electron chi connectivity index (χ3n) is 3.60. The summed E-state index contributed by atoms with van der Waals surface area (Å²) in [6, 6.07) is 11.1. The van der Waals surface area contributed by atoms with Crippen LogP contribution in [0.2, 0.25) is 5.02 Å². The second kappa shape index (κ2) is 8.77. The Morgan fingerprint density at radius 1 is 1.07 bits per heavy atom. The van der Waals surface area contributed by atoms with E-state index >= 15 is 0 Å². The first-order valence-corrected chi connectivity index (χ1v) is 8.14. The van der Waals surface area contributed by atoms with Crippen LogP contribution < -0.4 is 15.4 Å². The molecule has 0 radical (unpaired) electrons. The van der Waals surface area contributed by atoms with E-state index in [1.54, 1.807) is 24.3 Å². The molecule has 1 atom stereocenters. The number of benzene rings is 2. The highest BCUT2D eigenvalue weighted by Crippen LogP contribution is 2.24. The van der Waals surface area contributed by atoms with Crippen LogP contribution in [-0.2, 0) is 9.59 Å². The summed E-state index contributed by atoms with van der Waals surface area (Å²) < 4.78 is 42.9. The minimum Gasteiger partial charge on any atom is -0.497 e. The summed E-state index contributed by atoms with van der Waals surface area (Å²) in [5.74, 6) is -2.20. The molecule has 0 aromatic heterocycles. The molecule has 0 aliphatic rings. The number of anilines is 1. The number of hydrogen-bond donors (Lipinski definition) is 2. The molecule has 1 unspecified atom stereocenters. The van der Waals surface area contributed by atoms with Gasteiger partial charge in [0.15, 0.2) is 0 Å². The number of nitrogens with one attached hydrogen (secondary N) is 2. The summed E-state index contributed by atoms with van der Waals surface area (Å²) in [5.41, 5.74) is 0.764. The molecule has 0 spiro atoms. The number of hydrogen-bond acceptors (Lipinski definition) is 3. The van der Waals surface area contributed by atoms with Crippen molar-refractivity contribution in [1.82, 2.24) is 5.32 Å². The van der Waals surface area contributed by atoms with Gasteiger partial charge in [0.05, 0.1) is 19.6 Å². The second-order valence-corrected chi connectivity index (χ2v) is 5.99. The zero-order chi connectivity index (χ0) is 20.0. The molecule has 27 heavy (non-hydrogen) atoms. The van der Waals surface area contributed by atoms with Gasteiger partial charge in [-0.2, -0.15) is 13.2 Å². The number of halogens is 4. The van der Waals surface area contributed by atoms with Gasteiger partial charge in [-0.3, -0.25) is 9.59 Å². The fraction of sp³-hybridized carbons (Fsp3) is 0.222. The molecule has 0 heterocycles. The van der Waals surface area contributed by atoms with Gasteiger partial charge in [-0.1, -0.05) is 23.7 Å². The van der Waals surface area contributed by atoms with Crippen molar-refractivity contribution in [3.8, 4) is 5.75 Å². The first kappa shape index (κ1) is 20.6. The molecule has 0 aliphatic heterocycles. The Morgan fingerprint density at radius 2 is 1.67 bits per heavy atom. The standard InChI is InChI=1S/C18H16ClF3N2O3/c1-27-14-8-2-11(3-9-14)15(24-17(26)18(20,21)22)10-16(25)23-13-6-4-12(19)5-7-13/h2-9,15H,10H2,1H3,(H,23,25)(H,24,26). The van der Waals surface area contributed by atoms with E-state index in [-0.39, 0.29) is 0 Å². The molecule has 2 N–H and O–H groups in total. The van der Waals surface area contributed by atoms with Gasteiger partial charge in [-0.15, -0.1) is 0 Å². The lowest BCUT2D eigenvalue weighted by atomic mass is 10.0. The normalized spacial score (nSPS) is 12.2. The van der Waals surface area contributed by atoms with Gasteiger partial charge in [-0.25, -0.2) is 0 Å². The minimum atomic E-state index is -5.06. The van der Waals surface area contributed by atoms with Crippen molar-refractivity contribution in [3.05, 3.63) is 59.1 Å². The van der Waals surface area contributed by atoms with Crippen molar-refractivity contribution in [1.29, 1.82) is 0 Å². The molecular weight excluding hydrogens is 385 g/mol. The van der Waals surface area contributed by atoms with E-state index in [0.29, 0.717) is 22.0 Å². The lowest BCUT2D eigenvalue weighted by Crippen LogP contribution is -2.40. The van der Waals surface area contributed by atoms with Gasteiger partial charge in [0.2, 0.25) is 5.91 Å². The molecular formula is C18H16ClF3N2O3. The molecule has 2 aromatic rings. The van der Waals surface area contributed by atoms with E-state index in [1.807, 2.05) is 5.32 Å². The summed E-state index contributed by atoms with van der Waals surface area (Å²) in [7, 11) is 1.44. The number of carbonyl (C=O) groups is 2. The number of methoxy groups -OCH3 is 1. The molecule has 2 aromatic carbocycles. The van der Waals surface area contributed by atoms with Crippen LogP contribution in [0.15, 0.2) is 48.5 Å². The minimum absolute atomic E-state index is 0.333. The Labute approximate surface area is 158 Å². The maximum atomic E-state index is 12.6. The largest absolute Gasteiger partial charge is 0.497 e. The van der Waals surface area contributed by atoms with Crippen molar-refractivity contribution >= 4 is 29.1 Å². The van der Waals surface area contributed by atoms with E-state index < -0.39 is 30.5 Å². The van der Waals surface area contributed by atoms with Gasteiger partial charge < -0.3 is 15.4 Å². The number of ether oxygens (including phenoxy) is 1. The van der Waals surface area contributed by atoms with Crippen molar-refractivity contribution in [2.45, 2.75) is 18.6 Å². The average molecular weight is 401 g/mol. The van der Waals surface area contributed by atoms with Crippen LogP contribution in [-0.4, -0.2) is 25.1 Å². The summed E-state index contributed by atoms with van der Waals surface area (Å²) >= 11 is 5.76. The fourth-order valence-electron chi connectivity index (χ4n) is 2.26. The Morgan fingerprint density at radius 3 is 2.19 bits per heavy atom. The monoisotopic (exact) mass is 400 g/mol.